The number of nitrogens with zero attached hydrogens (tertiary/aromatic N) is 3. The molecule has 1 amide bonds. The molecule has 0 aromatic heterocycles. The number of amides is 1. The van der Waals surface area contributed by atoms with Gasteiger partial charge in [-0.1, -0.05) is 12.7 Å². The second-order valence-corrected chi connectivity index (χ2v) is 8.42. The maximum atomic E-state index is 12.3. The van der Waals surface area contributed by atoms with E-state index in [1.165, 1.54) is 20.3 Å². The van der Waals surface area contributed by atoms with Crippen LogP contribution in [-0.2, 0) is 14.2 Å². The second kappa shape index (κ2) is 23.7. The van der Waals surface area contributed by atoms with Crippen LogP contribution in [0.25, 0.3) is 0 Å². The van der Waals surface area contributed by atoms with Gasteiger partial charge in [0.1, 0.15) is 5.60 Å². The van der Waals surface area contributed by atoms with Crippen molar-refractivity contribution >= 4 is 6.09 Å². The Balaban J connectivity index is 0. The molecule has 36 heavy (non-hydrogen) atoms. The fraction of sp³-hybridized carbons (Fsp3) is 0.654. The highest BCUT2D eigenvalue weighted by Crippen LogP contribution is 2.11. The summed E-state index contributed by atoms with van der Waals surface area (Å²) in [5, 5.41) is 31.9. The van der Waals surface area contributed by atoms with E-state index in [9.17, 15) is 4.79 Å². The number of aliphatic hydroxyl groups excluding tert-OH is 1. The number of rotatable bonds is 17. The molecule has 0 heterocycles. The average Bonchev–Trinajstić information content (AvgIpc) is 2.83. The summed E-state index contributed by atoms with van der Waals surface area (Å²) < 4.78 is 15.4. The molecule has 3 N–H and O–H groups in total. The number of nitrogens with one attached hydrogen (secondary N) is 2. The van der Waals surface area contributed by atoms with Gasteiger partial charge >= 0.3 is 6.09 Å². The van der Waals surface area contributed by atoms with Gasteiger partial charge in [0.2, 0.25) is 0 Å². The molecule has 10 heteroatoms. The van der Waals surface area contributed by atoms with E-state index in [4.69, 9.17) is 29.8 Å². The molecule has 0 rings (SSSR count). The zero-order valence-corrected chi connectivity index (χ0v) is 22.6. The average molecular weight is 508 g/mol. The van der Waals surface area contributed by atoms with Gasteiger partial charge in [0.05, 0.1) is 33.0 Å². The van der Waals surface area contributed by atoms with Gasteiger partial charge in [-0.2, -0.15) is 10.5 Å². The zero-order valence-electron chi connectivity index (χ0n) is 22.6. The normalized spacial score (nSPS) is 11.3. The Morgan fingerprint density at radius 3 is 1.83 bits per heavy atom. The van der Waals surface area contributed by atoms with E-state index in [0.717, 1.165) is 25.9 Å². The van der Waals surface area contributed by atoms with Crippen molar-refractivity contribution in [3.63, 3.8) is 0 Å². The summed E-state index contributed by atoms with van der Waals surface area (Å²) in [7, 11) is 3.04. The SMILES string of the molecule is C=C/C=C(OC)\C(=C/CO)OC.CC(C)(C)OC(=O)N(CCCNCCC#N)CCCNCCC#N. The van der Waals surface area contributed by atoms with Crippen molar-refractivity contribution in [1.29, 1.82) is 10.5 Å². The first-order chi connectivity index (χ1) is 17.2. The van der Waals surface area contributed by atoms with Gasteiger partial charge in [-0.05, 0) is 58.9 Å². The molecule has 0 aromatic rings. The Kier molecular flexibility index (Phi) is 23.1. The number of allylic oxidation sites excluding steroid dienone is 2. The van der Waals surface area contributed by atoms with Crippen LogP contribution in [-0.4, -0.2) is 81.8 Å². The van der Waals surface area contributed by atoms with Gasteiger partial charge in [0.25, 0.3) is 0 Å². The van der Waals surface area contributed by atoms with Gasteiger partial charge < -0.3 is 34.9 Å². The topological polar surface area (TPSA) is 140 Å². The number of carbonyl (C=O) groups is 1. The number of aliphatic hydroxyl groups is 1. The van der Waals surface area contributed by atoms with Crippen LogP contribution in [0.4, 0.5) is 4.79 Å². The summed E-state index contributed by atoms with van der Waals surface area (Å²) >= 11 is 0. The maximum Gasteiger partial charge on any atom is 0.410 e. The number of methoxy groups -OCH3 is 2. The number of hydrogen-bond acceptors (Lipinski definition) is 9. The lowest BCUT2D eigenvalue weighted by molar-refractivity contribution is 0.0246. The highest BCUT2D eigenvalue weighted by Gasteiger charge is 2.21. The minimum absolute atomic E-state index is 0.0823. The number of ether oxygens (including phenoxy) is 3. The lowest BCUT2D eigenvalue weighted by atomic mass is 10.2. The summed E-state index contributed by atoms with van der Waals surface area (Å²) in [6.07, 6.45) is 7.07. The van der Waals surface area contributed by atoms with Crippen molar-refractivity contribution in [3.05, 3.63) is 36.3 Å². The monoisotopic (exact) mass is 507 g/mol. The van der Waals surface area contributed by atoms with E-state index in [2.05, 4.69) is 29.4 Å². The van der Waals surface area contributed by atoms with Crippen molar-refractivity contribution < 1.29 is 24.1 Å². The molecule has 0 atom stereocenters. The van der Waals surface area contributed by atoms with Gasteiger partial charge in [0.15, 0.2) is 11.5 Å². The van der Waals surface area contributed by atoms with Crippen LogP contribution in [0.5, 0.6) is 0 Å². The summed E-state index contributed by atoms with van der Waals surface area (Å²) in [6.45, 7) is 13.1. The smallest absolute Gasteiger partial charge is 0.410 e. The number of carbonyl (C=O) groups excluding carboxylic acids is 1. The minimum atomic E-state index is -0.509. The predicted molar refractivity (Wildman–Crippen MR) is 141 cm³/mol. The van der Waals surface area contributed by atoms with Crippen LogP contribution in [0.3, 0.4) is 0 Å². The van der Waals surface area contributed by atoms with Crippen LogP contribution in [0.15, 0.2) is 36.3 Å². The summed E-state index contributed by atoms with van der Waals surface area (Å²) in [6, 6.07) is 4.17. The molecular weight excluding hydrogens is 462 g/mol. The molecule has 0 radical (unpaired) electrons. The van der Waals surface area contributed by atoms with Crippen LogP contribution >= 0.6 is 0 Å². The lowest BCUT2D eigenvalue weighted by Gasteiger charge is -2.27. The number of nitriles is 2. The first-order valence-corrected chi connectivity index (χ1v) is 12.1. The first kappa shape index (κ1) is 35.1. The Bertz CT molecular complexity index is 706. The molecule has 0 unspecified atom stereocenters. The van der Waals surface area contributed by atoms with E-state index in [1.54, 1.807) is 17.1 Å². The molecule has 0 aliphatic carbocycles. The van der Waals surface area contributed by atoms with Gasteiger partial charge in [-0.25, -0.2) is 4.79 Å². The van der Waals surface area contributed by atoms with Crippen LogP contribution in [0.1, 0.15) is 46.5 Å². The van der Waals surface area contributed by atoms with Crippen molar-refractivity contribution in [2.45, 2.75) is 52.1 Å². The van der Waals surface area contributed by atoms with Crippen LogP contribution in [0.2, 0.25) is 0 Å². The van der Waals surface area contributed by atoms with E-state index < -0.39 is 5.60 Å². The molecule has 0 fully saturated rings. The fourth-order valence-corrected chi connectivity index (χ4v) is 2.67. The number of hydrogen-bond donors (Lipinski definition) is 3. The second-order valence-electron chi connectivity index (χ2n) is 8.42. The largest absolute Gasteiger partial charge is 0.493 e. The molecule has 10 nitrogen and oxygen atoms in total. The van der Waals surface area contributed by atoms with E-state index in [1.807, 2.05) is 20.8 Å². The summed E-state index contributed by atoms with van der Waals surface area (Å²) in [5.74, 6) is 1.04. The molecule has 204 valence electrons. The van der Waals surface area contributed by atoms with Crippen molar-refractivity contribution in [1.82, 2.24) is 15.5 Å². The summed E-state index contributed by atoms with van der Waals surface area (Å²) in [4.78, 5) is 14.0. The molecule has 0 aliphatic heterocycles. The molecule has 0 bridgehead atoms. The lowest BCUT2D eigenvalue weighted by Crippen LogP contribution is -2.39. The van der Waals surface area contributed by atoms with E-state index in [-0.39, 0.29) is 12.7 Å². The molecular formula is C26H45N5O5. The quantitative estimate of drug-likeness (QED) is 0.154. The van der Waals surface area contributed by atoms with Gasteiger partial charge in [0, 0.05) is 39.0 Å². The highest BCUT2D eigenvalue weighted by atomic mass is 16.6. The predicted octanol–water partition coefficient (Wildman–Crippen LogP) is 3.24. The van der Waals surface area contributed by atoms with Crippen molar-refractivity contribution in [2.24, 2.45) is 0 Å². The van der Waals surface area contributed by atoms with E-state index >= 15 is 0 Å². The Labute approximate surface area is 217 Å². The third-order valence-corrected chi connectivity index (χ3v) is 4.27. The third-order valence-electron chi connectivity index (χ3n) is 4.27. The standard InChI is InChI=1S/C17H31N5O2.C9H14O3/c1-17(2,3)24-16(23)22(14-6-12-20-10-4-8-18)15-7-13-21-11-5-9-19;1-4-5-8(11-2)9(12-3)6-7-10/h20-21H,4-7,10-15H2,1-3H3;4-6,10H,1,7H2,2-3H3/b;8-5+,9-6+. The fourth-order valence-electron chi connectivity index (χ4n) is 2.67. The molecule has 0 spiro atoms. The molecule has 0 aliphatic rings. The van der Waals surface area contributed by atoms with Crippen molar-refractivity contribution in [2.75, 3.05) is 60.1 Å². The molecule has 0 aromatic carbocycles. The van der Waals surface area contributed by atoms with Crippen LogP contribution < -0.4 is 10.6 Å². The summed E-state index contributed by atoms with van der Waals surface area (Å²) in [5.41, 5.74) is -0.509. The van der Waals surface area contributed by atoms with Gasteiger partial charge in [-0.3, -0.25) is 0 Å². The molecule has 0 saturated carbocycles. The Hall–Kier alpha value is -3.05. The minimum Gasteiger partial charge on any atom is -0.493 e. The van der Waals surface area contributed by atoms with Crippen molar-refractivity contribution in [3.8, 4) is 12.1 Å². The highest BCUT2D eigenvalue weighted by molar-refractivity contribution is 5.68. The molecule has 0 saturated heterocycles. The maximum absolute atomic E-state index is 12.3. The Morgan fingerprint density at radius 2 is 1.47 bits per heavy atom. The zero-order chi connectivity index (χ0) is 27.7. The van der Waals surface area contributed by atoms with Gasteiger partial charge in [-0.15, -0.1) is 0 Å². The third kappa shape index (κ3) is 21.5. The van der Waals surface area contributed by atoms with E-state index in [0.29, 0.717) is 50.5 Å². The van der Waals surface area contributed by atoms with Crippen LogP contribution in [0, 0.1) is 22.7 Å². The Morgan fingerprint density at radius 1 is 0.972 bits per heavy atom. The first-order valence-electron chi connectivity index (χ1n) is 12.1.